The van der Waals surface area contributed by atoms with Crippen molar-refractivity contribution in [1.29, 1.82) is 0 Å². The molecule has 0 amide bonds. The third-order valence-corrected chi connectivity index (χ3v) is 8.64. The fraction of sp³-hybridized carbons (Fsp3) is 0.360. The molecule has 2 N–H and O–H groups in total. The summed E-state index contributed by atoms with van der Waals surface area (Å²) in [5, 5.41) is 0.455. The number of sulfone groups is 1. The zero-order valence-electron chi connectivity index (χ0n) is 21.1. The fourth-order valence-electron chi connectivity index (χ4n) is 5.32. The lowest BCUT2D eigenvalue weighted by atomic mass is 9.79. The molecule has 2 aliphatic rings. The number of hydrogen-bond donors (Lipinski definition) is 1. The van der Waals surface area contributed by atoms with Crippen LogP contribution in [0, 0.1) is 17.7 Å². The lowest BCUT2D eigenvalue weighted by Gasteiger charge is -2.52. The van der Waals surface area contributed by atoms with E-state index in [0.717, 1.165) is 12.3 Å². The molecule has 0 saturated carbocycles. The van der Waals surface area contributed by atoms with E-state index in [1.54, 1.807) is 30.2 Å². The van der Waals surface area contributed by atoms with Crippen LogP contribution in [0.2, 0.25) is 5.02 Å². The summed E-state index contributed by atoms with van der Waals surface area (Å²) in [5.41, 5.74) is 7.53. The van der Waals surface area contributed by atoms with Crippen LogP contribution in [0.25, 0.3) is 22.2 Å². The molecule has 2 atom stereocenters. The van der Waals surface area contributed by atoms with E-state index in [0.29, 0.717) is 53.9 Å². The number of hydrogen-bond acceptors (Lipinski definition) is 10. The van der Waals surface area contributed by atoms with Crippen LogP contribution in [-0.2, 0) is 21.6 Å². The van der Waals surface area contributed by atoms with E-state index in [2.05, 4.69) is 19.9 Å². The van der Waals surface area contributed by atoms with Crippen LogP contribution in [0.4, 0.5) is 10.3 Å². The number of nitrogens with zero attached hydrogens (tertiary/aromatic N) is 6. The highest BCUT2D eigenvalue weighted by Gasteiger charge is 2.53. The maximum atomic E-state index is 15.1. The first-order valence-electron chi connectivity index (χ1n) is 12.1. The number of piperidine rings is 1. The van der Waals surface area contributed by atoms with E-state index < -0.39 is 21.4 Å². The first-order valence-corrected chi connectivity index (χ1v) is 14.4. The van der Waals surface area contributed by atoms with Gasteiger partial charge < -0.3 is 18.9 Å². The highest BCUT2D eigenvalue weighted by Crippen LogP contribution is 2.40. The van der Waals surface area contributed by atoms with Crippen molar-refractivity contribution in [2.75, 3.05) is 37.5 Å². The summed E-state index contributed by atoms with van der Waals surface area (Å²) in [5.74, 6) is -0.313. The number of fused-ring (bicyclic) bond motifs is 3. The highest BCUT2D eigenvalue weighted by atomic mass is 35.5. The molecular formula is C25H25ClFN7O4S. The Morgan fingerprint density at radius 1 is 1.13 bits per heavy atom. The zero-order valence-corrected chi connectivity index (χ0v) is 22.7. The topological polar surface area (TPSA) is 138 Å². The van der Waals surface area contributed by atoms with Gasteiger partial charge in [-0.05, 0) is 12.1 Å². The van der Waals surface area contributed by atoms with Gasteiger partial charge in [-0.3, -0.25) is 5.73 Å². The van der Waals surface area contributed by atoms with Crippen LogP contribution in [0.1, 0.15) is 0 Å². The van der Waals surface area contributed by atoms with Gasteiger partial charge in [0.25, 0.3) is 0 Å². The molecule has 1 aromatic carbocycles. The summed E-state index contributed by atoms with van der Waals surface area (Å²) in [7, 11) is -1.78. The van der Waals surface area contributed by atoms with Gasteiger partial charge in [0.2, 0.25) is 11.8 Å². The van der Waals surface area contributed by atoms with Gasteiger partial charge in [-0.25, -0.2) is 27.8 Å². The molecule has 14 heteroatoms. The van der Waals surface area contributed by atoms with E-state index in [-0.39, 0.29) is 28.2 Å². The van der Waals surface area contributed by atoms with Crippen molar-refractivity contribution in [3.8, 4) is 17.0 Å². The number of ether oxygens (including phenoxy) is 2. The first kappa shape index (κ1) is 25.9. The number of rotatable bonds is 5. The van der Waals surface area contributed by atoms with Crippen LogP contribution in [0.5, 0.6) is 5.88 Å². The number of aryl methyl sites for hydroxylation is 1. The summed E-state index contributed by atoms with van der Waals surface area (Å²) < 4.78 is 52.9. The van der Waals surface area contributed by atoms with Crippen molar-refractivity contribution < 1.29 is 22.3 Å². The highest BCUT2D eigenvalue weighted by molar-refractivity contribution is 7.90. The normalized spacial score (nSPS) is 23.3. The lowest BCUT2D eigenvalue weighted by Crippen LogP contribution is -2.71. The third kappa shape index (κ3) is 4.48. The average Bonchev–Trinajstić information content (AvgIpc) is 3.21. The van der Waals surface area contributed by atoms with Gasteiger partial charge in [-0.2, -0.15) is 4.98 Å². The summed E-state index contributed by atoms with van der Waals surface area (Å²) in [6.07, 6.45) is 7.19. The van der Waals surface area contributed by atoms with Crippen molar-refractivity contribution in [3.05, 3.63) is 54.0 Å². The molecule has 0 radical (unpaired) electrons. The second kappa shape index (κ2) is 9.37. The molecule has 0 aliphatic carbocycles. The Morgan fingerprint density at radius 3 is 2.46 bits per heavy atom. The van der Waals surface area contributed by atoms with Gasteiger partial charge in [0.1, 0.15) is 23.2 Å². The van der Waals surface area contributed by atoms with Gasteiger partial charge >= 0.3 is 0 Å². The summed E-state index contributed by atoms with van der Waals surface area (Å²) >= 11 is 5.95. The maximum absolute atomic E-state index is 15.1. The molecule has 2 aliphatic heterocycles. The van der Waals surface area contributed by atoms with Crippen LogP contribution in [0.15, 0.2) is 48.0 Å². The zero-order chi connectivity index (χ0) is 27.5. The molecule has 5 heterocycles. The molecule has 3 aromatic heterocycles. The van der Waals surface area contributed by atoms with Crippen LogP contribution in [0.3, 0.4) is 0 Å². The average molecular weight is 574 g/mol. The Morgan fingerprint density at radius 2 is 1.82 bits per heavy atom. The SMILES string of the molecule is Cn1cc(-c2ccc(S(C)(=O)=O)cc2F)c2ncnc(OC3(N)C4COCC3CN(c3ncc(Cl)cn3)C4)c21. The van der Waals surface area contributed by atoms with Crippen LogP contribution in [-0.4, -0.2) is 71.2 Å². The van der Waals surface area contributed by atoms with Crippen molar-refractivity contribution in [1.82, 2.24) is 24.5 Å². The number of anilines is 1. The Bertz CT molecular complexity index is 1670. The molecule has 0 spiro atoms. The number of aromatic nitrogens is 5. The Balaban J connectivity index is 1.35. The van der Waals surface area contributed by atoms with Gasteiger partial charge in [0.15, 0.2) is 15.6 Å². The number of halogens is 2. The summed E-state index contributed by atoms with van der Waals surface area (Å²) in [6.45, 7) is 1.75. The Kier molecular flexibility index (Phi) is 6.21. The Labute approximate surface area is 228 Å². The smallest absolute Gasteiger partial charge is 0.243 e. The summed E-state index contributed by atoms with van der Waals surface area (Å²) in [4.78, 5) is 19.4. The quantitative estimate of drug-likeness (QED) is 0.354. The molecule has 11 nitrogen and oxygen atoms in total. The van der Waals surface area contributed by atoms with Crippen molar-refractivity contribution in [2.45, 2.75) is 10.6 Å². The predicted molar refractivity (Wildman–Crippen MR) is 142 cm³/mol. The standard InChI is InChI=1S/C25H25ClFN7O4S/c1-33-10-19(18-4-3-17(5-20(18)27)39(2,35)36)21-22(33)23(32-13-31-21)38-25(28)14-8-34(9-15(25)12-37-11-14)24-29-6-16(26)7-30-24/h3-7,10,13-15H,8-9,11-12,28H2,1-2H3. The number of benzene rings is 1. The lowest BCUT2D eigenvalue weighted by molar-refractivity contribution is -0.145. The second-order valence-corrected chi connectivity index (χ2v) is 12.4. The predicted octanol–water partition coefficient (Wildman–Crippen LogP) is 2.44. The summed E-state index contributed by atoms with van der Waals surface area (Å²) in [6, 6.07) is 3.82. The monoisotopic (exact) mass is 573 g/mol. The van der Waals surface area contributed by atoms with Crippen molar-refractivity contribution in [3.63, 3.8) is 0 Å². The van der Waals surface area contributed by atoms with E-state index in [4.69, 9.17) is 26.8 Å². The van der Waals surface area contributed by atoms with Gasteiger partial charge in [0.05, 0.1) is 47.4 Å². The Hall–Kier alpha value is -3.39. The van der Waals surface area contributed by atoms with E-state index in [1.165, 1.54) is 18.5 Å². The third-order valence-electron chi connectivity index (χ3n) is 7.34. The molecule has 204 valence electrons. The molecule has 2 bridgehead atoms. The van der Waals surface area contributed by atoms with E-state index >= 15 is 4.39 Å². The van der Waals surface area contributed by atoms with Crippen LogP contribution < -0.4 is 15.4 Å². The largest absolute Gasteiger partial charge is 0.454 e. The number of nitrogens with two attached hydrogens (primary N) is 1. The van der Waals surface area contributed by atoms with Crippen LogP contribution >= 0.6 is 11.6 Å². The minimum absolute atomic E-state index is 0.100. The molecular weight excluding hydrogens is 549 g/mol. The molecule has 6 rings (SSSR count). The van der Waals surface area contributed by atoms with Crippen molar-refractivity contribution in [2.24, 2.45) is 24.6 Å². The van der Waals surface area contributed by atoms with Gasteiger partial charge in [0, 0.05) is 43.7 Å². The molecule has 2 saturated heterocycles. The first-order chi connectivity index (χ1) is 18.5. The minimum Gasteiger partial charge on any atom is -0.454 e. The van der Waals surface area contributed by atoms with Crippen molar-refractivity contribution >= 4 is 38.4 Å². The molecule has 4 aromatic rings. The van der Waals surface area contributed by atoms with Gasteiger partial charge in [-0.15, -0.1) is 0 Å². The van der Waals surface area contributed by atoms with E-state index in [1.807, 2.05) is 4.90 Å². The fourth-order valence-corrected chi connectivity index (χ4v) is 6.05. The molecule has 2 fully saturated rings. The second-order valence-electron chi connectivity index (χ2n) is 9.94. The van der Waals surface area contributed by atoms with Gasteiger partial charge in [-0.1, -0.05) is 17.7 Å². The minimum atomic E-state index is -3.55. The van der Waals surface area contributed by atoms with E-state index in [9.17, 15) is 8.42 Å². The maximum Gasteiger partial charge on any atom is 0.243 e. The molecule has 2 unspecified atom stereocenters. The molecule has 39 heavy (non-hydrogen) atoms.